The van der Waals surface area contributed by atoms with Gasteiger partial charge in [0.25, 0.3) is 10.0 Å². The Kier molecular flexibility index (Phi) is 8.00. The molecule has 2 amide bonds. The highest BCUT2D eigenvalue weighted by Crippen LogP contribution is 2.26. The van der Waals surface area contributed by atoms with E-state index < -0.39 is 16.1 Å². The number of para-hydroxylation sites is 1. The van der Waals surface area contributed by atoms with Gasteiger partial charge in [-0.2, -0.15) is 5.10 Å². The first-order valence-corrected chi connectivity index (χ1v) is 13.2. The van der Waals surface area contributed by atoms with E-state index in [0.717, 1.165) is 11.0 Å². The molecule has 4 aromatic rings. The van der Waals surface area contributed by atoms with Crippen LogP contribution in [0.3, 0.4) is 0 Å². The summed E-state index contributed by atoms with van der Waals surface area (Å²) in [6.07, 6.45) is 3.02. The van der Waals surface area contributed by atoms with Crippen molar-refractivity contribution in [3.63, 3.8) is 0 Å². The van der Waals surface area contributed by atoms with Gasteiger partial charge in [0.15, 0.2) is 0 Å². The van der Waals surface area contributed by atoms with Gasteiger partial charge in [0, 0.05) is 24.5 Å². The van der Waals surface area contributed by atoms with Crippen LogP contribution in [0, 0.1) is 0 Å². The minimum atomic E-state index is -3.96. The number of benzene rings is 3. The van der Waals surface area contributed by atoms with Crippen molar-refractivity contribution in [1.29, 1.82) is 0 Å². The van der Waals surface area contributed by atoms with E-state index in [-0.39, 0.29) is 24.5 Å². The third kappa shape index (κ3) is 6.09. The van der Waals surface area contributed by atoms with Crippen LogP contribution in [-0.4, -0.2) is 42.5 Å². The molecule has 0 fully saturated rings. The molecular weight excluding hydrogens is 497 g/mol. The number of hydrogen-bond donors (Lipinski definition) is 3. The number of hydrogen-bond acceptors (Lipinski definition) is 5. The number of anilines is 3. The Hall–Kier alpha value is -3.72. The predicted octanol–water partition coefficient (Wildman–Crippen LogP) is 3.59. The third-order valence-corrected chi connectivity index (χ3v) is 7.43. The van der Waals surface area contributed by atoms with Crippen molar-refractivity contribution in [2.45, 2.75) is 11.3 Å². The largest absolute Gasteiger partial charge is 0.396 e. The first kappa shape index (κ1) is 25.4. The Labute approximate surface area is 212 Å². The molecule has 1 atom stereocenters. The van der Waals surface area contributed by atoms with Crippen LogP contribution in [0.4, 0.5) is 21.9 Å². The van der Waals surface area contributed by atoms with Gasteiger partial charge >= 0.3 is 6.03 Å². The second-order valence-corrected chi connectivity index (χ2v) is 10.4. The molecule has 0 radical (unpaired) electrons. The number of carbonyl (C=O) groups excluding carboxylic acids is 1. The molecule has 0 spiro atoms. The molecule has 9 nitrogen and oxygen atoms in total. The van der Waals surface area contributed by atoms with Crippen molar-refractivity contribution < 1.29 is 18.3 Å². The molecular formula is C25H26N5O4PS. The average Bonchev–Trinajstić information content (AvgIpc) is 3.37. The van der Waals surface area contributed by atoms with Crippen LogP contribution < -0.4 is 20.2 Å². The molecule has 1 aromatic heterocycles. The topological polar surface area (TPSA) is 117 Å². The molecule has 0 bridgehead atoms. The first-order chi connectivity index (χ1) is 17.4. The monoisotopic (exact) mass is 523 g/mol. The lowest BCUT2D eigenvalue weighted by Crippen LogP contribution is -2.32. The molecule has 0 saturated carbocycles. The molecule has 3 N–H and O–H groups in total. The van der Waals surface area contributed by atoms with Gasteiger partial charge < -0.3 is 15.7 Å². The molecule has 186 valence electrons. The highest BCUT2D eigenvalue weighted by Gasteiger charge is 2.26. The van der Waals surface area contributed by atoms with Gasteiger partial charge in [0.1, 0.15) is 4.90 Å². The fourth-order valence-electron chi connectivity index (χ4n) is 3.46. The van der Waals surface area contributed by atoms with Crippen molar-refractivity contribution in [2.24, 2.45) is 0 Å². The maximum absolute atomic E-state index is 13.5. The highest BCUT2D eigenvalue weighted by molar-refractivity contribution is 7.92. The summed E-state index contributed by atoms with van der Waals surface area (Å²) in [6.45, 7) is -0.0843. The Morgan fingerprint density at radius 2 is 1.58 bits per heavy atom. The molecule has 0 aliphatic carbocycles. The van der Waals surface area contributed by atoms with Crippen LogP contribution in [-0.2, 0) is 10.0 Å². The summed E-state index contributed by atoms with van der Waals surface area (Å²) in [6, 6.07) is 22.5. The SMILES string of the molecule is O=C(Nc1ccccc1)Nc1ccc(N(CCCO)S(=O)(=O)c2cnn(-c3ccc(P)cc3)c2)cc1. The van der Waals surface area contributed by atoms with Gasteiger partial charge in [-0.1, -0.05) is 30.3 Å². The lowest BCUT2D eigenvalue weighted by Gasteiger charge is -2.23. The zero-order valence-corrected chi connectivity index (χ0v) is 21.3. The molecule has 1 heterocycles. The summed E-state index contributed by atoms with van der Waals surface area (Å²) >= 11 is 0. The van der Waals surface area contributed by atoms with E-state index in [1.165, 1.54) is 21.4 Å². The highest BCUT2D eigenvalue weighted by atomic mass is 32.2. The zero-order chi connectivity index (χ0) is 25.5. The van der Waals surface area contributed by atoms with E-state index in [2.05, 4.69) is 25.0 Å². The van der Waals surface area contributed by atoms with E-state index in [1.54, 1.807) is 36.4 Å². The lowest BCUT2D eigenvalue weighted by atomic mass is 10.2. The van der Waals surface area contributed by atoms with Gasteiger partial charge in [-0.25, -0.2) is 17.9 Å². The summed E-state index contributed by atoms with van der Waals surface area (Å²) in [5.41, 5.74) is 2.28. The Balaban J connectivity index is 1.53. The maximum Gasteiger partial charge on any atom is 0.323 e. The van der Waals surface area contributed by atoms with Crippen LogP contribution in [0.2, 0.25) is 0 Å². The Morgan fingerprint density at radius 3 is 2.22 bits per heavy atom. The molecule has 36 heavy (non-hydrogen) atoms. The summed E-state index contributed by atoms with van der Waals surface area (Å²) in [4.78, 5) is 12.3. The average molecular weight is 524 g/mol. The molecule has 4 rings (SSSR count). The van der Waals surface area contributed by atoms with Gasteiger partial charge in [0.2, 0.25) is 0 Å². The normalized spacial score (nSPS) is 11.2. The minimum Gasteiger partial charge on any atom is -0.396 e. The van der Waals surface area contributed by atoms with Crippen LogP contribution in [0.25, 0.3) is 5.69 Å². The smallest absolute Gasteiger partial charge is 0.323 e. The van der Waals surface area contributed by atoms with Crippen LogP contribution in [0.5, 0.6) is 0 Å². The van der Waals surface area contributed by atoms with Crippen molar-refractivity contribution in [3.05, 3.63) is 91.3 Å². The maximum atomic E-state index is 13.5. The number of aliphatic hydroxyl groups excluding tert-OH is 1. The number of aromatic nitrogens is 2. The molecule has 0 saturated heterocycles. The van der Waals surface area contributed by atoms with Crippen LogP contribution >= 0.6 is 9.24 Å². The third-order valence-electron chi connectivity index (χ3n) is 5.27. The Morgan fingerprint density at radius 1 is 0.944 bits per heavy atom. The van der Waals surface area contributed by atoms with Crippen molar-refractivity contribution in [3.8, 4) is 5.69 Å². The summed E-state index contributed by atoms with van der Waals surface area (Å²) in [5, 5.41) is 20.0. The first-order valence-electron chi connectivity index (χ1n) is 11.1. The number of carbonyl (C=O) groups is 1. The standard InChI is InChI=1S/C25H26N5O4PS/c31-16-4-15-30(36(33,34)24-17-26-29(18-24)21-11-13-23(35)14-12-21)22-9-7-20(8-10-22)28-25(32)27-19-5-2-1-3-6-19/h1-3,5-14,17-18,31H,4,15-16,35H2,(H2,27,28,32). The number of rotatable bonds is 9. The number of nitrogens with one attached hydrogen (secondary N) is 2. The fraction of sp³-hybridized carbons (Fsp3) is 0.120. The van der Waals surface area contributed by atoms with Gasteiger partial charge in [-0.05, 0) is 60.3 Å². The molecule has 1 unspecified atom stereocenters. The fourth-order valence-corrected chi connectivity index (χ4v) is 5.09. The van der Waals surface area contributed by atoms with E-state index in [9.17, 15) is 18.3 Å². The molecule has 3 aromatic carbocycles. The number of urea groups is 1. The Bertz CT molecular complexity index is 1410. The summed E-state index contributed by atoms with van der Waals surface area (Å²) in [7, 11) is -1.37. The van der Waals surface area contributed by atoms with Crippen molar-refractivity contribution >= 4 is 47.7 Å². The quantitative estimate of drug-likeness (QED) is 0.290. The van der Waals surface area contributed by atoms with E-state index in [4.69, 9.17) is 0 Å². The second kappa shape index (κ2) is 11.3. The van der Waals surface area contributed by atoms with Crippen molar-refractivity contribution in [2.75, 3.05) is 28.1 Å². The van der Waals surface area contributed by atoms with Crippen LogP contribution in [0.15, 0.2) is 96.2 Å². The summed E-state index contributed by atoms with van der Waals surface area (Å²) < 4.78 is 29.7. The summed E-state index contributed by atoms with van der Waals surface area (Å²) in [5.74, 6) is 0. The number of nitrogens with zero attached hydrogens (tertiary/aromatic N) is 3. The second-order valence-electron chi connectivity index (χ2n) is 7.86. The van der Waals surface area contributed by atoms with Gasteiger partial charge in [0.05, 0.1) is 23.8 Å². The number of aliphatic hydroxyl groups is 1. The molecule has 11 heteroatoms. The van der Waals surface area contributed by atoms with Gasteiger partial charge in [-0.3, -0.25) is 4.31 Å². The van der Waals surface area contributed by atoms with E-state index in [1.807, 2.05) is 42.5 Å². The number of amides is 2. The zero-order valence-electron chi connectivity index (χ0n) is 19.3. The molecule has 0 aliphatic heterocycles. The van der Waals surface area contributed by atoms with Crippen molar-refractivity contribution in [1.82, 2.24) is 9.78 Å². The minimum absolute atomic E-state index is 0.0276. The van der Waals surface area contributed by atoms with E-state index in [0.29, 0.717) is 17.1 Å². The number of sulfonamides is 1. The van der Waals surface area contributed by atoms with Crippen LogP contribution in [0.1, 0.15) is 6.42 Å². The lowest BCUT2D eigenvalue weighted by molar-refractivity contribution is 0.262. The molecule has 0 aliphatic rings. The van der Waals surface area contributed by atoms with Gasteiger partial charge in [-0.15, -0.1) is 9.24 Å². The van der Waals surface area contributed by atoms with E-state index >= 15 is 0 Å². The predicted molar refractivity (Wildman–Crippen MR) is 145 cm³/mol.